The minimum atomic E-state index is -0.213. The van der Waals surface area contributed by atoms with Gasteiger partial charge in [0.2, 0.25) is 0 Å². The number of nitrogens with two attached hydrogens (primary N) is 1. The fraction of sp³-hybridized carbons (Fsp3) is 0.625. The molecule has 0 aromatic heterocycles. The number of hydrogen-bond donors (Lipinski definition) is 1. The van der Waals surface area contributed by atoms with Gasteiger partial charge in [-0.15, -0.1) is 0 Å². The van der Waals surface area contributed by atoms with E-state index in [-0.39, 0.29) is 11.9 Å². The van der Waals surface area contributed by atoms with Crippen LogP contribution in [0.5, 0.6) is 0 Å². The van der Waals surface area contributed by atoms with Crippen molar-refractivity contribution in [2.45, 2.75) is 18.9 Å². The Labute approximate surface area is 130 Å². The van der Waals surface area contributed by atoms with Crippen LogP contribution in [0.15, 0.2) is 18.2 Å². The van der Waals surface area contributed by atoms with Gasteiger partial charge in [-0.3, -0.25) is 4.90 Å². The third kappa shape index (κ3) is 3.75. The van der Waals surface area contributed by atoms with E-state index in [1.54, 1.807) is 12.1 Å². The number of piperazine rings is 1. The van der Waals surface area contributed by atoms with Crippen LogP contribution >= 0.6 is 11.6 Å². The van der Waals surface area contributed by atoms with E-state index in [1.807, 2.05) is 0 Å². The van der Waals surface area contributed by atoms with Gasteiger partial charge in [-0.05, 0) is 37.0 Å². The molecule has 21 heavy (non-hydrogen) atoms. The topological polar surface area (TPSA) is 32.5 Å². The SMILES string of the molecule is NCC(c1cc(Cl)ccc1F)N1CCN(CC2CC2)CC1. The summed E-state index contributed by atoms with van der Waals surface area (Å²) in [6.07, 6.45) is 2.78. The minimum Gasteiger partial charge on any atom is -0.329 e. The first-order valence-electron chi connectivity index (χ1n) is 7.79. The van der Waals surface area contributed by atoms with E-state index in [9.17, 15) is 4.39 Å². The maximum absolute atomic E-state index is 14.1. The van der Waals surface area contributed by atoms with E-state index >= 15 is 0 Å². The zero-order chi connectivity index (χ0) is 14.8. The maximum Gasteiger partial charge on any atom is 0.128 e. The molecule has 3 nitrogen and oxygen atoms in total. The zero-order valence-corrected chi connectivity index (χ0v) is 13.0. The smallest absolute Gasteiger partial charge is 0.128 e. The average Bonchev–Trinajstić information content (AvgIpc) is 3.29. The van der Waals surface area contributed by atoms with Gasteiger partial charge in [0.25, 0.3) is 0 Å². The highest BCUT2D eigenvalue weighted by atomic mass is 35.5. The van der Waals surface area contributed by atoms with Gasteiger partial charge in [0.05, 0.1) is 6.04 Å². The molecule has 0 bridgehead atoms. The molecule has 1 aliphatic carbocycles. The molecule has 1 saturated heterocycles. The van der Waals surface area contributed by atoms with E-state index in [1.165, 1.54) is 25.5 Å². The van der Waals surface area contributed by atoms with Crippen molar-refractivity contribution in [2.24, 2.45) is 11.7 Å². The van der Waals surface area contributed by atoms with Crippen LogP contribution in [0.4, 0.5) is 4.39 Å². The molecule has 5 heteroatoms. The Morgan fingerprint density at radius 1 is 1.24 bits per heavy atom. The molecule has 0 radical (unpaired) electrons. The molecule has 2 N–H and O–H groups in total. The summed E-state index contributed by atoms with van der Waals surface area (Å²) in [6.45, 7) is 5.64. The first kappa shape index (κ1) is 15.2. The lowest BCUT2D eigenvalue weighted by atomic mass is 10.0. The monoisotopic (exact) mass is 311 g/mol. The number of nitrogens with zero attached hydrogens (tertiary/aromatic N) is 2. The van der Waals surface area contributed by atoms with Gasteiger partial charge in [-0.25, -0.2) is 4.39 Å². The van der Waals surface area contributed by atoms with Gasteiger partial charge in [0.15, 0.2) is 0 Å². The molecule has 1 aliphatic heterocycles. The summed E-state index contributed by atoms with van der Waals surface area (Å²) in [7, 11) is 0. The van der Waals surface area contributed by atoms with Crippen LogP contribution in [-0.2, 0) is 0 Å². The second kappa shape index (κ2) is 6.61. The summed E-state index contributed by atoms with van der Waals surface area (Å²) in [4.78, 5) is 4.81. The predicted molar refractivity (Wildman–Crippen MR) is 83.9 cm³/mol. The molecule has 1 aromatic rings. The van der Waals surface area contributed by atoms with Crippen molar-refractivity contribution in [3.63, 3.8) is 0 Å². The van der Waals surface area contributed by atoms with Crippen molar-refractivity contribution in [3.8, 4) is 0 Å². The van der Waals surface area contributed by atoms with Crippen LogP contribution in [0, 0.1) is 11.7 Å². The second-order valence-corrected chi connectivity index (χ2v) is 6.63. The third-order valence-electron chi connectivity index (χ3n) is 4.60. The lowest BCUT2D eigenvalue weighted by Gasteiger charge is -2.39. The highest BCUT2D eigenvalue weighted by molar-refractivity contribution is 6.30. The Bertz CT molecular complexity index is 484. The minimum absolute atomic E-state index is 0.0771. The fourth-order valence-electron chi connectivity index (χ4n) is 3.17. The highest BCUT2D eigenvalue weighted by Gasteiger charge is 2.29. The molecule has 0 spiro atoms. The van der Waals surface area contributed by atoms with Crippen LogP contribution in [0.2, 0.25) is 5.02 Å². The number of hydrogen-bond acceptors (Lipinski definition) is 3. The lowest BCUT2D eigenvalue weighted by molar-refractivity contribution is 0.0942. The molecule has 0 amide bonds. The molecule has 1 unspecified atom stereocenters. The molecule has 2 fully saturated rings. The summed E-state index contributed by atoms with van der Waals surface area (Å²) >= 11 is 6.01. The lowest BCUT2D eigenvalue weighted by Crippen LogP contribution is -2.49. The summed E-state index contributed by atoms with van der Waals surface area (Å²) in [6, 6.07) is 4.66. The molecule has 116 valence electrons. The maximum atomic E-state index is 14.1. The largest absolute Gasteiger partial charge is 0.329 e. The molecule has 2 aliphatic rings. The van der Waals surface area contributed by atoms with E-state index < -0.39 is 0 Å². The van der Waals surface area contributed by atoms with Crippen LogP contribution in [0.25, 0.3) is 0 Å². The van der Waals surface area contributed by atoms with Crippen molar-refractivity contribution in [1.82, 2.24) is 9.80 Å². The average molecular weight is 312 g/mol. The summed E-state index contributed by atoms with van der Waals surface area (Å²) < 4.78 is 14.1. The van der Waals surface area contributed by atoms with Crippen molar-refractivity contribution in [1.29, 1.82) is 0 Å². The van der Waals surface area contributed by atoms with Crippen LogP contribution in [0.1, 0.15) is 24.4 Å². The van der Waals surface area contributed by atoms with Gasteiger partial charge in [-0.2, -0.15) is 0 Å². The molecular weight excluding hydrogens is 289 g/mol. The molecule has 1 heterocycles. The van der Waals surface area contributed by atoms with Gasteiger partial charge >= 0.3 is 0 Å². The normalized spacial score (nSPS) is 22.4. The fourth-order valence-corrected chi connectivity index (χ4v) is 3.35. The third-order valence-corrected chi connectivity index (χ3v) is 4.84. The summed E-state index contributed by atoms with van der Waals surface area (Å²) in [5.41, 5.74) is 6.54. The quantitative estimate of drug-likeness (QED) is 0.907. The number of benzene rings is 1. The van der Waals surface area contributed by atoms with Crippen molar-refractivity contribution < 1.29 is 4.39 Å². The van der Waals surface area contributed by atoms with Gasteiger partial charge in [0, 0.05) is 49.9 Å². The first-order valence-corrected chi connectivity index (χ1v) is 8.16. The molecule has 3 rings (SSSR count). The van der Waals surface area contributed by atoms with Crippen LogP contribution in [0.3, 0.4) is 0 Å². The predicted octanol–water partition coefficient (Wildman–Crippen LogP) is 2.51. The summed E-state index contributed by atoms with van der Waals surface area (Å²) in [5, 5.41) is 0.567. The van der Waals surface area contributed by atoms with E-state index in [0.29, 0.717) is 17.1 Å². The number of rotatable bonds is 5. The molecular formula is C16H23ClFN3. The summed E-state index contributed by atoms with van der Waals surface area (Å²) in [5.74, 6) is 0.711. The Balaban J connectivity index is 1.65. The van der Waals surface area contributed by atoms with E-state index in [2.05, 4.69) is 9.80 Å². The Kier molecular flexibility index (Phi) is 4.79. The van der Waals surface area contributed by atoms with Crippen LogP contribution in [-0.4, -0.2) is 49.1 Å². The van der Waals surface area contributed by atoms with E-state index in [0.717, 1.165) is 32.1 Å². The first-order chi connectivity index (χ1) is 10.2. The number of halogens is 2. The van der Waals surface area contributed by atoms with Crippen molar-refractivity contribution >= 4 is 11.6 Å². The van der Waals surface area contributed by atoms with Crippen molar-refractivity contribution in [3.05, 3.63) is 34.6 Å². The Morgan fingerprint density at radius 2 is 1.95 bits per heavy atom. The van der Waals surface area contributed by atoms with Gasteiger partial charge in [0.1, 0.15) is 5.82 Å². The zero-order valence-electron chi connectivity index (χ0n) is 12.3. The molecule has 1 atom stereocenters. The Morgan fingerprint density at radius 3 is 2.57 bits per heavy atom. The van der Waals surface area contributed by atoms with E-state index in [4.69, 9.17) is 17.3 Å². The van der Waals surface area contributed by atoms with Crippen molar-refractivity contribution in [2.75, 3.05) is 39.3 Å². The Hall–Kier alpha value is -0.680. The standard InChI is InChI=1S/C16H23ClFN3/c17-13-3-4-15(18)14(9-13)16(10-19)21-7-5-20(6-8-21)11-12-1-2-12/h3-4,9,12,16H,1-2,5-8,10-11,19H2. The highest BCUT2D eigenvalue weighted by Crippen LogP contribution is 2.31. The molecule has 1 saturated carbocycles. The van der Waals surface area contributed by atoms with Gasteiger partial charge < -0.3 is 10.6 Å². The van der Waals surface area contributed by atoms with Crippen LogP contribution < -0.4 is 5.73 Å². The molecule has 1 aromatic carbocycles. The second-order valence-electron chi connectivity index (χ2n) is 6.20. The van der Waals surface area contributed by atoms with Gasteiger partial charge in [-0.1, -0.05) is 11.6 Å².